The first-order valence-electron chi connectivity index (χ1n) is 6.65. The molecule has 0 aliphatic carbocycles. The van der Waals surface area contributed by atoms with Crippen molar-refractivity contribution in [1.29, 1.82) is 0 Å². The number of methoxy groups -OCH3 is 1. The van der Waals surface area contributed by atoms with Crippen molar-refractivity contribution in [3.05, 3.63) is 53.5 Å². The molecule has 1 aromatic carbocycles. The Hall–Kier alpha value is -1.74. The van der Waals surface area contributed by atoms with Gasteiger partial charge in [-0.1, -0.05) is 19.1 Å². The molecule has 102 valence electrons. The minimum Gasteiger partial charge on any atom is -0.496 e. The van der Waals surface area contributed by atoms with Crippen LogP contribution >= 0.6 is 0 Å². The second-order valence-corrected chi connectivity index (χ2v) is 4.62. The molecule has 3 nitrogen and oxygen atoms in total. The molecule has 19 heavy (non-hydrogen) atoms. The third-order valence-corrected chi connectivity index (χ3v) is 3.26. The summed E-state index contributed by atoms with van der Waals surface area (Å²) >= 11 is 0. The van der Waals surface area contributed by atoms with Gasteiger partial charge in [-0.3, -0.25) is 0 Å². The maximum atomic E-state index is 5.44. The van der Waals surface area contributed by atoms with E-state index in [2.05, 4.69) is 31.3 Å². The molecule has 0 spiro atoms. The molecule has 0 aliphatic heterocycles. The molecule has 2 aromatic rings. The summed E-state index contributed by atoms with van der Waals surface area (Å²) in [4.78, 5) is 0. The molecular formula is C16H21NO2. The zero-order valence-corrected chi connectivity index (χ0v) is 11.8. The summed E-state index contributed by atoms with van der Waals surface area (Å²) < 4.78 is 10.7. The van der Waals surface area contributed by atoms with Gasteiger partial charge in [-0.15, -0.1) is 0 Å². The van der Waals surface area contributed by atoms with Crippen LogP contribution in [0.3, 0.4) is 0 Å². The van der Waals surface area contributed by atoms with E-state index < -0.39 is 0 Å². The molecule has 0 aliphatic rings. The molecule has 1 heterocycles. The fourth-order valence-electron chi connectivity index (χ4n) is 2.30. The zero-order chi connectivity index (χ0) is 13.7. The number of ether oxygens (including phenoxy) is 1. The van der Waals surface area contributed by atoms with Crippen LogP contribution in [0.15, 0.2) is 41.0 Å². The van der Waals surface area contributed by atoms with E-state index in [1.165, 1.54) is 5.56 Å². The van der Waals surface area contributed by atoms with E-state index in [0.29, 0.717) is 0 Å². The van der Waals surface area contributed by atoms with Crippen LogP contribution in [0.5, 0.6) is 5.75 Å². The van der Waals surface area contributed by atoms with Crippen molar-refractivity contribution in [2.24, 2.45) is 0 Å². The van der Waals surface area contributed by atoms with Gasteiger partial charge in [-0.2, -0.15) is 0 Å². The Kier molecular flexibility index (Phi) is 4.63. The van der Waals surface area contributed by atoms with Gasteiger partial charge < -0.3 is 14.5 Å². The molecule has 1 unspecified atom stereocenters. The van der Waals surface area contributed by atoms with Gasteiger partial charge in [0, 0.05) is 12.5 Å². The van der Waals surface area contributed by atoms with E-state index in [4.69, 9.17) is 9.15 Å². The van der Waals surface area contributed by atoms with Crippen LogP contribution < -0.4 is 10.1 Å². The van der Waals surface area contributed by atoms with Gasteiger partial charge in [-0.25, -0.2) is 0 Å². The SMILES string of the molecule is CCNC(Cc1ccco1)c1ccc(OC)c(C)c1. The number of furan rings is 1. The third kappa shape index (κ3) is 3.38. The average Bonchev–Trinajstić information content (AvgIpc) is 2.91. The minimum absolute atomic E-state index is 0.265. The lowest BCUT2D eigenvalue weighted by atomic mass is 10.00. The second-order valence-electron chi connectivity index (χ2n) is 4.62. The Labute approximate surface area is 114 Å². The molecule has 0 amide bonds. The Morgan fingerprint density at radius 1 is 1.32 bits per heavy atom. The fraction of sp³-hybridized carbons (Fsp3) is 0.375. The fourth-order valence-corrected chi connectivity index (χ4v) is 2.30. The topological polar surface area (TPSA) is 34.4 Å². The van der Waals surface area contributed by atoms with Gasteiger partial charge in [0.15, 0.2) is 0 Å². The molecule has 0 saturated carbocycles. The summed E-state index contributed by atoms with van der Waals surface area (Å²) in [7, 11) is 1.70. The first-order chi connectivity index (χ1) is 9.24. The molecule has 0 radical (unpaired) electrons. The van der Waals surface area contributed by atoms with Gasteiger partial charge in [0.05, 0.1) is 13.4 Å². The number of aryl methyl sites for hydroxylation is 1. The van der Waals surface area contributed by atoms with Gasteiger partial charge in [0.25, 0.3) is 0 Å². The third-order valence-electron chi connectivity index (χ3n) is 3.26. The monoisotopic (exact) mass is 259 g/mol. The Morgan fingerprint density at radius 2 is 2.16 bits per heavy atom. The second kappa shape index (κ2) is 6.43. The van der Waals surface area contributed by atoms with Crippen molar-refractivity contribution >= 4 is 0 Å². The average molecular weight is 259 g/mol. The first-order valence-corrected chi connectivity index (χ1v) is 6.65. The molecule has 1 atom stereocenters. The van der Waals surface area contributed by atoms with Crippen LogP contribution in [0.1, 0.15) is 29.9 Å². The van der Waals surface area contributed by atoms with Crippen LogP contribution in [-0.2, 0) is 6.42 Å². The van der Waals surface area contributed by atoms with E-state index >= 15 is 0 Å². The van der Waals surface area contributed by atoms with Crippen molar-refractivity contribution in [3.63, 3.8) is 0 Å². The lowest BCUT2D eigenvalue weighted by Gasteiger charge is -2.18. The molecule has 0 fully saturated rings. The predicted octanol–water partition coefficient (Wildman–Crippen LogP) is 3.49. The van der Waals surface area contributed by atoms with Crippen LogP contribution in [0.2, 0.25) is 0 Å². The van der Waals surface area contributed by atoms with Crippen molar-refractivity contribution in [2.75, 3.05) is 13.7 Å². The number of hydrogen-bond donors (Lipinski definition) is 1. The number of rotatable bonds is 6. The predicted molar refractivity (Wildman–Crippen MR) is 76.6 cm³/mol. The number of benzene rings is 1. The Balaban J connectivity index is 2.20. The molecule has 1 N–H and O–H groups in total. The van der Waals surface area contributed by atoms with E-state index in [1.54, 1.807) is 13.4 Å². The van der Waals surface area contributed by atoms with E-state index in [9.17, 15) is 0 Å². The van der Waals surface area contributed by atoms with Crippen molar-refractivity contribution in [2.45, 2.75) is 26.3 Å². The Bertz CT molecular complexity index is 505. The van der Waals surface area contributed by atoms with Crippen LogP contribution in [0.4, 0.5) is 0 Å². The minimum atomic E-state index is 0.265. The summed E-state index contributed by atoms with van der Waals surface area (Å²) in [5.41, 5.74) is 2.42. The normalized spacial score (nSPS) is 12.4. The largest absolute Gasteiger partial charge is 0.496 e. The summed E-state index contributed by atoms with van der Waals surface area (Å²) in [6.07, 6.45) is 2.57. The van der Waals surface area contributed by atoms with Crippen LogP contribution in [-0.4, -0.2) is 13.7 Å². The van der Waals surface area contributed by atoms with Crippen molar-refractivity contribution < 1.29 is 9.15 Å². The molecular weight excluding hydrogens is 238 g/mol. The summed E-state index contributed by atoms with van der Waals surface area (Å²) in [6, 6.07) is 10.5. The molecule has 2 rings (SSSR count). The maximum Gasteiger partial charge on any atom is 0.121 e. The quantitative estimate of drug-likeness (QED) is 0.862. The summed E-state index contributed by atoms with van der Waals surface area (Å²) in [5.74, 6) is 1.93. The van der Waals surface area contributed by atoms with Gasteiger partial charge in [0.2, 0.25) is 0 Å². The lowest BCUT2D eigenvalue weighted by molar-refractivity contribution is 0.410. The van der Waals surface area contributed by atoms with E-state index in [1.807, 2.05) is 18.2 Å². The maximum absolute atomic E-state index is 5.44. The zero-order valence-electron chi connectivity index (χ0n) is 11.8. The molecule has 0 saturated heterocycles. The molecule has 3 heteroatoms. The standard InChI is InChI=1S/C16H21NO2/c1-4-17-15(11-14-6-5-9-19-14)13-7-8-16(18-3)12(2)10-13/h5-10,15,17H,4,11H2,1-3H3. The number of likely N-dealkylation sites (N-methyl/N-ethyl adjacent to an activating group) is 1. The molecule has 0 bridgehead atoms. The van der Waals surface area contributed by atoms with Crippen molar-refractivity contribution in [3.8, 4) is 5.75 Å². The summed E-state index contributed by atoms with van der Waals surface area (Å²) in [5, 5.41) is 3.50. The van der Waals surface area contributed by atoms with Crippen LogP contribution in [0.25, 0.3) is 0 Å². The molecule has 1 aromatic heterocycles. The van der Waals surface area contributed by atoms with E-state index in [0.717, 1.165) is 30.0 Å². The number of nitrogens with one attached hydrogen (secondary N) is 1. The van der Waals surface area contributed by atoms with Crippen LogP contribution in [0, 0.1) is 6.92 Å². The highest BCUT2D eigenvalue weighted by Crippen LogP contribution is 2.24. The van der Waals surface area contributed by atoms with Gasteiger partial charge >= 0.3 is 0 Å². The van der Waals surface area contributed by atoms with Gasteiger partial charge in [0.1, 0.15) is 11.5 Å². The first kappa shape index (κ1) is 13.7. The summed E-state index contributed by atoms with van der Waals surface area (Å²) in [6.45, 7) is 5.11. The lowest BCUT2D eigenvalue weighted by Crippen LogP contribution is -2.22. The smallest absolute Gasteiger partial charge is 0.121 e. The number of hydrogen-bond acceptors (Lipinski definition) is 3. The highest BCUT2D eigenvalue weighted by Gasteiger charge is 2.14. The van der Waals surface area contributed by atoms with Crippen molar-refractivity contribution in [1.82, 2.24) is 5.32 Å². The highest BCUT2D eigenvalue weighted by molar-refractivity contribution is 5.37. The Morgan fingerprint density at radius 3 is 2.74 bits per heavy atom. The highest BCUT2D eigenvalue weighted by atomic mass is 16.5. The van der Waals surface area contributed by atoms with E-state index in [-0.39, 0.29) is 6.04 Å². The van der Waals surface area contributed by atoms with Gasteiger partial charge in [-0.05, 0) is 42.8 Å².